The zero-order valence-corrected chi connectivity index (χ0v) is 37.1. The highest BCUT2D eigenvalue weighted by atomic mass is 14.9. The molecular formula is C63H50N2. The van der Waals surface area contributed by atoms with Gasteiger partial charge in [-0.05, 0) is 94.6 Å². The highest BCUT2D eigenvalue weighted by molar-refractivity contribution is 5.76. The Bertz CT molecular complexity index is 2800. The van der Waals surface area contributed by atoms with Crippen molar-refractivity contribution in [2.75, 3.05) is 0 Å². The van der Waals surface area contributed by atoms with Crippen molar-refractivity contribution < 1.29 is 0 Å². The average Bonchev–Trinajstić information content (AvgIpc) is 3.36. The summed E-state index contributed by atoms with van der Waals surface area (Å²) in [4.78, 5) is 11.0. The Morgan fingerprint density at radius 3 is 0.846 bits per heavy atom. The van der Waals surface area contributed by atoms with Crippen LogP contribution in [0.25, 0.3) is 33.9 Å². The Morgan fingerprint density at radius 1 is 0.277 bits per heavy atom. The van der Waals surface area contributed by atoms with Gasteiger partial charge in [-0.2, -0.15) is 0 Å². The number of hydrogen-bond donors (Lipinski definition) is 0. The van der Waals surface area contributed by atoms with Gasteiger partial charge in [0.1, 0.15) is 0 Å². The summed E-state index contributed by atoms with van der Waals surface area (Å²) in [5, 5.41) is 0. The van der Waals surface area contributed by atoms with Gasteiger partial charge < -0.3 is 0 Å². The molecule has 10 aromatic rings. The van der Waals surface area contributed by atoms with E-state index in [4.69, 9.17) is 9.97 Å². The van der Waals surface area contributed by atoms with Crippen LogP contribution in [0.15, 0.2) is 249 Å². The van der Waals surface area contributed by atoms with Gasteiger partial charge in [0.15, 0.2) is 5.82 Å². The van der Waals surface area contributed by atoms with E-state index in [0.29, 0.717) is 5.82 Å². The second-order valence-corrected chi connectivity index (χ2v) is 17.1. The van der Waals surface area contributed by atoms with Crippen LogP contribution in [0.5, 0.6) is 0 Å². The first-order chi connectivity index (χ1) is 32.0. The lowest BCUT2D eigenvalue weighted by Crippen LogP contribution is -2.31. The molecule has 0 saturated carbocycles. The van der Waals surface area contributed by atoms with Crippen LogP contribution in [-0.4, -0.2) is 9.97 Å². The number of benzene rings is 9. The summed E-state index contributed by atoms with van der Waals surface area (Å²) in [5.74, 6) is 0.712. The van der Waals surface area contributed by atoms with E-state index in [1.807, 2.05) is 0 Å². The van der Waals surface area contributed by atoms with Crippen molar-refractivity contribution in [2.24, 2.45) is 0 Å². The van der Waals surface area contributed by atoms with Gasteiger partial charge in [-0.1, -0.05) is 236 Å². The fraction of sp³-hybridized carbons (Fsp3) is 0.0794. The minimum absolute atomic E-state index is 0.605. The van der Waals surface area contributed by atoms with Crippen LogP contribution < -0.4 is 0 Å². The van der Waals surface area contributed by atoms with Crippen molar-refractivity contribution in [3.05, 3.63) is 310 Å². The fourth-order valence-electron chi connectivity index (χ4n) is 10.3. The Hall–Kier alpha value is -7.94. The van der Waals surface area contributed by atoms with Crippen LogP contribution in [0.4, 0.5) is 0 Å². The van der Waals surface area contributed by atoms with E-state index < -0.39 is 10.8 Å². The van der Waals surface area contributed by atoms with Gasteiger partial charge in [-0.25, -0.2) is 9.97 Å². The lowest BCUT2D eigenvalue weighted by atomic mass is 9.65. The van der Waals surface area contributed by atoms with E-state index in [-0.39, 0.29) is 0 Å². The van der Waals surface area contributed by atoms with Crippen molar-refractivity contribution in [1.82, 2.24) is 9.97 Å². The Labute approximate surface area is 383 Å². The zero-order chi connectivity index (χ0) is 44.2. The van der Waals surface area contributed by atoms with Crippen LogP contribution in [0, 0.1) is 20.8 Å². The molecule has 65 heavy (non-hydrogen) atoms. The van der Waals surface area contributed by atoms with E-state index in [1.165, 1.54) is 38.9 Å². The van der Waals surface area contributed by atoms with Crippen LogP contribution >= 0.6 is 0 Å². The maximum absolute atomic E-state index is 5.49. The number of hydrogen-bond acceptors (Lipinski definition) is 2. The molecule has 0 spiro atoms. The van der Waals surface area contributed by atoms with E-state index in [2.05, 4.69) is 269 Å². The number of aromatic nitrogens is 2. The highest BCUT2D eigenvalue weighted by Crippen LogP contribution is 2.48. The Balaban J connectivity index is 1.22. The smallest absolute Gasteiger partial charge is 0.160 e. The van der Waals surface area contributed by atoms with Crippen molar-refractivity contribution in [3.63, 3.8) is 0 Å². The molecule has 2 nitrogen and oxygen atoms in total. The molecule has 312 valence electrons. The van der Waals surface area contributed by atoms with Crippen molar-refractivity contribution in [2.45, 2.75) is 31.6 Å². The van der Waals surface area contributed by atoms with Crippen molar-refractivity contribution in [1.29, 1.82) is 0 Å². The maximum atomic E-state index is 5.49. The van der Waals surface area contributed by atoms with Crippen LogP contribution in [0.3, 0.4) is 0 Å². The van der Waals surface area contributed by atoms with Crippen LogP contribution in [-0.2, 0) is 10.8 Å². The summed E-state index contributed by atoms with van der Waals surface area (Å²) >= 11 is 0. The minimum atomic E-state index is -0.605. The lowest BCUT2D eigenvalue weighted by Gasteiger charge is -2.37. The largest absolute Gasteiger partial charge is 0.228 e. The summed E-state index contributed by atoms with van der Waals surface area (Å²) in [6, 6.07) is 90.0. The molecule has 2 heteroatoms. The molecule has 0 N–H and O–H groups in total. The highest BCUT2D eigenvalue weighted by Gasteiger charge is 2.40. The third kappa shape index (κ3) is 7.47. The standard InChI is InChI=1S/C63H50N2/c1-45-40-46(2)60(47(3)41-45)61-64-58(48-24-22-38-56(42-48)62(50-26-10-4-11-27-50,51-28-12-5-13-29-51)52-30-14-6-15-31-52)44-59(65-61)49-25-23-39-57(43-49)63(53-32-16-7-17-33-53,54-34-18-8-19-35-54)55-36-20-9-21-37-55/h4-44H,1-3H3. The molecule has 9 aromatic carbocycles. The molecule has 0 amide bonds. The summed E-state index contributed by atoms with van der Waals surface area (Å²) in [5.41, 5.74) is 16.6. The van der Waals surface area contributed by atoms with Gasteiger partial charge >= 0.3 is 0 Å². The van der Waals surface area contributed by atoms with Crippen LogP contribution in [0.1, 0.15) is 61.2 Å². The molecule has 0 saturated heterocycles. The lowest BCUT2D eigenvalue weighted by molar-refractivity contribution is 0.745. The van der Waals surface area contributed by atoms with Gasteiger partial charge in [0.25, 0.3) is 0 Å². The van der Waals surface area contributed by atoms with Crippen LogP contribution in [0.2, 0.25) is 0 Å². The topological polar surface area (TPSA) is 25.8 Å². The predicted octanol–water partition coefficient (Wildman–Crippen LogP) is 15.2. The van der Waals surface area contributed by atoms with E-state index in [0.717, 1.165) is 50.3 Å². The molecule has 0 aliphatic rings. The molecule has 1 heterocycles. The monoisotopic (exact) mass is 834 g/mol. The van der Waals surface area contributed by atoms with Gasteiger partial charge in [-0.15, -0.1) is 0 Å². The Morgan fingerprint density at radius 2 is 0.554 bits per heavy atom. The summed E-state index contributed by atoms with van der Waals surface area (Å²) in [6.07, 6.45) is 0. The molecule has 0 unspecified atom stereocenters. The first kappa shape index (κ1) is 41.1. The third-order valence-electron chi connectivity index (χ3n) is 13.1. The summed E-state index contributed by atoms with van der Waals surface area (Å²) < 4.78 is 0. The zero-order valence-electron chi connectivity index (χ0n) is 37.1. The second-order valence-electron chi connectivity index (χ2n) is 17.1. The number of nitrogens with zero attached hydrogens (tertiary/aromatic N) is 2. The Kier molecular flexibility index (Phi) is 11.2. The average molecular weight is 835 g/mol. The van der Waals surface area contributed by atoms with Gasteiger partial charge in [0.2, 0.25) is 0 Å². The molecule has 0 aliphatic heterocycles. The molecule has 0 radical (unpaired) electrons. The second kappa shape index (κ2) is 17.7. The minimum Gasteiger partial charge on any atom is -0.228 e. The summed E-state index contributed by atoms with van der Waals surface area (Å²) in [6.45, 7) is 6.50. The summed E-state index contributed by atoms with van der Waals surface area (Å²) in [7, 11) is 0. The van der Waals surface area contributed by atoms with Gasteiger partial charge in [0, 0.05) is 16.7 Å². The first-order valence-corrected chi connectivity index (χ1v) is 22.5. The predicted molar refractivity (Wildman–Crippen MR) is 269 cm³/mol. The first-order valence-electron chi connectivity index (χ1n) is 22.5. The van der Waals surface area contributed by atoms with E-state index in [1.54, 1.807) is 0 Å². The molecule has 0 atom stereocenters. The van der Waals surface area contributed by atoms with E-state index >= 15 is 0 Å². The van der Waals surface area contributed by atoms with Crippen molar-refractivity contribution >= 4 is 0 Å². The molecule has 0 bridgehead atoms. The van der Waals surface area contributed by atoms with Gasteiger partial charge in [0.05, 0.1) is 22.2 Å². The molecule has 0 fully saturated rings. The van der Waals surface area contributed by atoms with E-state index in [9.17, 15) is 0 Å². The third-order valence-corrected chi connectivity index (χ3v) is 13.1. The molecule has 10 rings (SSSR count). The fourth-order valence-corrected chi connectivity index (χ4v) is 10.3. The number of aryl methyl sites for hydroxylation is 3. The quantitative estimate of drug-likeness (QED) is 0.121. The maximum Gasteiger partial charge on any atom is 0.160 e. The normalized spacial score (nSPS) is 11.6. The van der Waals surface area contributed by atoms with Crippen molar-refractivity contribution in [3.8, 4) is 33.9 Å². The van der Waals surface area contributed by atoms with Gasteiger partial charge in [-0.3, -0.25) is 0 Å². The molecular weight excluding hydrogens is 785 g/mol. The molecule has 0 aliphatic carbocycles. The molecule has 1 aromatic heterocycles. The number of rotatable bonds is 11. The SMILES string of the molecule is Cc1cc(C)c(-c2nc(-c3cccc(C(c4ccccc4)(c4ccccc4)c4ccccc4)c3)cc(-c3cccc(C(c4ccccc4)(c4ccccc4)c4ccccc4)c3)n2)c(C)c1.